The highest BCUT2D eigenvalue weighted by Gasteiger charge is 2.11. The van der Waals surface area contributed by atoms with E-state index in [1.165, 1.54) is 13.3 Å². The number of hydrogen-bond acceptors (Lipinski definition) is 5. The molecule has 0 bridgehead atoms. The van der Waals surface area contributed by atoms with Gasteiger partial charge in [0.1, 0.15) is 12.3 Å². The fourth-order valence-electron chi connectivity index (χ4n) is 1.57. The molecule has 0 aliphatic carbocycles. The molecule has 0 fully saturated rings. The van der Waals surface area contributed by atoms with Crippen LogP contribution in [0.25, 0.3) is 0 Å². The van der Waals surface area contributed by atoms with Gasteiger partial charge in [-0.15, -0.1) is 5.10 Å². The molecule has 1 amide bonds. The third-order valence-electron chi connectivity index (χ3n) is 2.50. The lowest BCUT2D eigenvalue weighted by molar-refractivity contribution is -0.116. The van der Waals surface area contributed by atoms with Crippen molar-refractivity contribution in [2.24, 2.45) is 0 Å². The zero-order valence-corrected chi connectivity index (χ0v) is 11.7. The van der Waals surface area contributed by atoms with Gasteiger partial charge in [-0.1, -0.05) is 16.8 Å². The Morgan fingerprint density at radius 3 is 2.81 bits per heavy atom. The number of halogens is 1. The first kappa shape index (κ1) is 14.8. The molecule has 8 nitrogen and oxygen atoms in total. The number of carboxylic acids is 1. The van der Waals surface area contributed by atoms with Crippen molar-refractivity contribution in [3.8, 4) is 5.75 Å². The average Bonchev–Trinajstić information content (AvgIpc) is 2.87. The minimum absolute atomic E-state index is 0.163. The summed E-state index contributed by atoms with van der Waals surface area (Å²) in [7, 11) is 1.49. The maximum absolute atomic E-state index is 11.8. The minimum atomic E-state index is -1.21. The van der Waals surface area contributed by atoms with Gasteiger partial charge in [-0.05, 0) is 18.2 Å². The lowest BCUT2D eigenvalue weighted by atomic mass is 10.3. The second-order valence-corrected chi connectivity index (χ2v) is 4.41. The van der Waals surface area contributed by atoms with Gasteiger partial charge in [-0.2, -0.15) is 0 Å². The topological polar surface area (TPSA) is 106 Å². The standard InChI is InChI=1S/C12H11ClN4O4/c1-21-10-3-2-7(4-8(10)13)14-11(18)6-17-5-9(12(19)20)15-16-17/h2-5H,6H2,1H3,(H,14,18)(H,19,20). The van der Waals surface area contributed by atoms with Crippen molar-refractivity contribution in [1.82, 2.24) is 15.0 Å². The molecule has 2 N–H and O–H groups in total. The number of benzene rings is 1. The van der Waals surface area contributed by atoms with Gasteiger partial charge in [0.15, 0.2) is 5.69 Å². The Morgan fingerprint density at radius 1 is 1.48 bits per heavy atom. The Morgan fingerprint density at radius 2 is 2.24 bits per heavy atom. The highest BCUT2D eigenvalue weighted by molar-refractivity contribution is 6.32. The fourth-order valence-corrected chi connectivity index (χ4v) is 1.82. The van der Waals surface area contributed by atoms with Crippen LogP contribution < -0.4 is 10.1 Å². The van der Waals surface area contributed by atoms with E-state index in [-0.39, 0.29) is 12.2 Å². The number of methoxy groups -OCH3 is 1. The number of carboxylic acid groups (broad SMARTS) is 1. The van der Waals surface area contributed by atoms with E-state index in [0.29, 0.717) is 16.5 Å². The van der Waals surface area contributed by atoms with Crippen molar-refractivity contribution in [2.75, 3.05) is 12.4 Å². The van der Waals surface area contributed by atoms with Crippen molar-refractivity contribution in [1.29, 1.82) is 0 Å². The summed E-state index contributed by atoms with van der Waals surface area (Å²) in [6.45, 7) is -0.163. The molecule has 1 aromatic carbocycles. The van der Waals surface area contributed by atoms with Crippen molar-refractivity contribution >= 4 is 29.2 Å². The summed E-state index contributed by atoms with van der Waals surface area (Å²) in [6, 6.07) is 4.80. The largest absolute Gasteiger partial charge is 0.495 e. The smallest absolute Gasteiger partial charge is 0.358 e. The maximum atomic E-state index is 11.8. The van der Waals surface area contributed by atoms with E-state index in [1.807, 2.05) is 0 Å². The van der Waals surface area contributed by atoms with E-state index in [1.54, 1.807) is 18.2 Å². The van der Waals surface area contributed by atoms with Gasteiger partial charge in [-0.3, -0.25) is 4.79 Å². The summed E-state index contributed by atoms with van der Waals surface area (Å²) in [5, 5.41) is 18.6. The molecule has 0 saturated carbocycles. The monoisotopic (exact) mass is 310 g/mol. The molecule has 0 atom stereocenters. The van der Waals surface area contributed by atoms with Crippen LogP contribution in [0, 0.1) is 0 Å². The van der Waals surface area contributed by atoms with Crippen molar-refractivity contribution < 1.29 is 19.4 Å². The molecule has 9 heteroatoms. The summed E-state index contributed by atoms with van der Waals surface area (Å²) in [6.07, 6.45) is 1.17. The molecule has 2 aromatic rings. The van der Waals surface area contributed by atoms with Crippen molar-refractivity contribution in [3.05, 3.63) is 35.1 Å². The molecule has 110 valence electrons. The molecule has 0 aliphatic heterocycles. The molecule has 0 saturated heterocycles. The number of nitrogens with one attached hydrogen (secondary N) is 1. The van der Waals surface area contributed by atoms with E-state index in [2.05, 4.69) is 15.6 Å². The summed E-state index contributed by atoms with van der Waals surface area (Å²) in [5.41, 5.74) is 0.264. The normalized spacial score (nSPS) is 10.2. The van der Waals surface area contributed by atoms with Crippen molar-refractivity contribution in [2.45, 2.75) is 6.54 Å². The Bertz CT molecular complexity index is 686. The Labute approximate surface area is 124 Å². The Hall–Kier alpha value is -2.61. The zero-order chi connectivity index (χ0) is 15.4. The van der Waals surface area contributed by atoms with E-state index in [4.69, 9.17) is 21.4 Å². The van der Waals surface area contributed by atoms with Crippen LogP contribution in [0.15, 0.2) is 24.4 Å². The molecule has 1 aromatic heterocycles. The van der Waals surface area contributed by atoms with Crippen LogP contribution in [0.4, 0.5) is 5.69 Å². The van der Waals surface area contributed by atoms with Crippen LogP contribution in [0.5, 0.6) is 5.75 Å². The second-order valence-electron chi connectivity index (χ2n) is 4.00. The number of nitrogens with zero attached hydrogens (tertiary/aromatic N) is 3. The highest BCUT2D eigenvalue weighted by atomic mass is 35.5. The first-order valence-electron chi connectivity index (χ1n) is 5.76. The molecule has 0 aliphatic rings. The number of rotatable bonds is 5. The van der Waals surface area contributed by atoms with Crippen molar-refractivity contribution in [3.63, 3.8) is 0 Å². The molecule has 0 unspecified atom stereocenters. The van der Waals surface area contributed by atoms with Gasteiger partial charge in [0.2, 0.25) is 5.91 Å². The van der Waals surface area contributed by atoms with Gasteiger partial charge < -0.3 is 15.2 Å². The van der Waals surface area contributed by atoms with Crippen LogP contribution in [0.3, 0.4) is 0 Å². The van der Waals surface area contributed by atoms with E-state index in [9.17, 15) is 9.59 Å². The number of amides is 1. The third kappa shape index (κ3) is 3.69. The van der Waals surface area contributed by atoms with E-state index >= 15 is 0 Å². The molecule has 0 spiro atoms. The Balaban J connectivity index is 2.01. The highest BCUT2D eigenvalue weighted by Crippen LogP contribution is 2.27. The summed E-state index contributed by atoms with van der Waals surface area (Å²) >= 11 is 5.94. The molecular formula is C12H11ClN4O4. The number of aromatic carboxylic acids is 1. The Kier molecular flexibility index (Phi) is 4.39. The maximum Gasteiger partial charge on any atom is 0.358 e. The van der Waals surface area contributed by atoms with Gasteiger partial charge in [0, 0.05) is 5.69 Å². The van der Waals surface area contributed by atoms with Gasteiger partial charge in [0.05, 0.1) is 18.3 Å². The zero-order valence-electron chi connectivity index (χ0n) is 10.9. The first-order valence-corrected chi connectivity index (χ1v) is 6.14. The number of carbonyl (C=O) groups is 2. The summed E-state index contributed by atoms with van der Waals surface area (Å²) in [4.78, 5) is 22.5. The molecule has 0 radical (unpaired) electrons. The van der Waals surface area contributed by atoms with Crippen LogP contribution in [-0.2, 0) is 11.3 Å². The fraction of sp³-hybridized carbons (Fsp3) is 0.167. The number of carbonyl (C=O) groups excluding carboxylic acids is 1. The third-order valence-corrected chi connectivity index (χ3v) is 2.79. The number of aromatic nitrogens is 3. The number of anilines is 1. The van der Waals surface area contributed by atoms with Gasteiger partial charge >= 0.3 is 5.97 Å². The van der Waals surface area contributed by atoms with E-state index < -0.39 is 11.9 Å². The number of ether oxygens (including phenoxy) is 1. The molecule has 21 heavy (non-hydrogen) atoms. The van der Waals surface area contributed by atoms with Crippen LogP contribution in [0.2, 0.25) is 5.02 Å². The first-order chi connectivity index (χ1) is 9.99. The average molecular weight is 311 g/mol. The minimum Gasteiger partial charge on any atom is -0.495 e. The number of hydrogen-bond donors (Lipinski definition) is 2. The van der Waals surface area contributed by atoms with Gasteiger partial charge in [-0.25, -0.2) is 9.48 Å². The SMILES string of the molecule is COc1ccc(NC(=O)Cn2cc(C(=O)O)nn2)cc1Cl. The summed E-state index contributed by atoms with van der Waals surface area (Å²) < 4.78 is 6.13. The molecule has 1 heterocycles. The molecule has 2 rings (SSSR count). The second kappa shape index (κ2) is 6.23. The van der Waals surface area contributed by atoms with Crippen LogP contribution in [0.1, 0.15) is 10.5 Å². The lowest BCUT2D eigenvalue weighted by Crippen LogP contribution is -2.19. The van der Waals surface area contributed by atoms with E-state index in [0.717, 1.165) is 4.68 Å². The summed E-state index contributed by atoms with van der Waals surface area (Å²) in [5.74, 6) is -1.10. The predicted octanol–water partition coefficient (Wildman–Crippen LogP) is 1.28. The molecular weight excluding hydrogens is 300 g/mol. The quantitative estimate of drug-likeness (QED) is 0.861. The van der Waals surface area contributed by atoms with Gasteiger partial charge in [0.25, 0.3) is 0 Å². The lowest BCUT2D eigenvalue weighted by Gasteiger charge is -2.07. The van der Waals surface area contributed by atoms with Crippen LogP contribution in [-0.4, -0.2) is 39.1 Å². The predicted molar refractivity (Wildman–Crippen MR) is 73.6 cm³/mol. The van der Waals surface area contributed by atoms with Crippen LogP contribution >= 0.6 is 11.6 Å².